The highest BCUT2D eigenvalue weighted by Gasteiger charge is 2.57. The third-order valence-corrected chi connectivity index (χ3v) is 12.4. The zero-order chi connectivity index (χ0) is 37.3. The normalized spacial score (nSPS) is 30.5. The van der Waals surface area contributed by atoms with Crippen molar-refractivity contribution in [1.29, 1.82) is 0 Å². The Morgan fingerprint density at radius 1 is 1.02 bits per heavy atom. The van der Waals surface area contributed by atoms with Crippen molar-refractivity contribution in [2.24, 2.45) is 28.6 Å². The van der Waals surface area contributed by atoms with Crippen LogP contribution < -0.4 is 4.90 Å². The molecular weight excluding hydrogens is 652 g/mol. The van der Waals surface area contributed by atoms with Crippen molar-refractivity contribution < 1.29 is 29.6 Å². The van der Waals surface area contributed by atoms with Crippen molar-refractivity contribution in [1.82, 2.24) is 4.90 Å². The van der Waals surface area contributed by atoms with E-state index >= 15 is 0 Å². The lowest BCUT2D eigenvalue weighted by atomic mass is 9.46. The monoisotopic (exact) mass is 716 g/mol. The van der Waals surface area contributed by atoms with E-state index in [9.17, 15) is 20.1 Å². The number of likely N-dealkylation sites (tertiary alicyclic amines) is 1. The molecule has 2 aliphatic heterocycles. The SMILES string of the molecule is C=C1CC[C@@H]2C(C)(CO)[C@H](O)CC[C@@]2(C)[C@@H]1C/C=C1/C(=O)OCC1O.CC(C)COCC(CN(Cc1ccccc1)c1ccccc1)N1CCCC1. The second kappa shape index (κ2) is 18.4. The number of carbonyl (C=O) groups excluding carboxylic acids is 1. The van der Waals surface area contributed by atoms with Gasteiger partial charge in [0.25, 0.3) is 0 Å². The molecule has 7 atom stereocenters. The second-order valence-electron chi connectivity index (χ2n) is 16.6. The summed E-state index contributed by atoms with van der Waals surface area (Å²) in [6.45, 7) is 18.9. The van der Waals surface area contributed by atoms with Crippen LogP contribution in [0.3, 0.4) is 0 Å². The van der Waals surface area contributed by atoms with Gasteiger partial charge in [0.2, 0.25) is 0 Å². The van der Waals surface area contributed by atoms with E-state index in [-0.39, 0.29) is 30.5 Å². The molecule has 0 aromatic heterocycles. The molecule has 286 valence electrons. The van der Waals surface area contributed by atoms with Crippen LogP contribution in [-0.2, 0) is 20.8 Å². The maximum atomic E-state index is 11.8. The van der Waals surface area contributed by atoms with Gasteiger partial charge in [-0.3, -0.25) is 4.90 Å². The van der Waals surface area contributed by atoms with Crippen LogP contribution in [-0.4, -0.2) is 90.5 Å². The van der Waals surface area contributed by atoms with Gasteiger partial charge in [-0.05, 0) is 98.9 Å². The fourth-order valence-corrected chi connectivity index (χ4v) is 9.34. The molecule has 2 aromatic rings. The van der Waals surface area contributed by atoms with Crippen LogP contribution in [0.4, 0.5) is 5.69 Å². The number of hydrogen-bond acceptors (Lipinski definition) is 8. The lowest BCUT2D eigenvalue weighted by molar-refractivity contribution is -0.151. The third-order valence-electron chi connectivity index (χ3n) is 12.4. The van der Waals surface area contributed by atoms with Crippen LogP contribution in [0.5, 0.6) is 0 Å². The molecule has 2 heterocycles. The Morgan fingerprint density at radius 3 is 2.31 bits per heavy atom. The molecule has 6 rings (SSSR count). The molecule has 3 N–H and O–H groups in total. The predicted octanol–water partition coefficient (Wildman–Crippen LogP) is 6.79. The lowest BCUT2D eigenvalue weighted by Gasteiger charge is -2.59. The molecule has 2 aliphatic carbocycles. The molecule has 0 spiro atoms. The van der Waals surface area contributed by atoms with E-state index in [1.807, 2.05) is 13.0 Å². The highest BCUT2D eigenvalue weighted by molar-refractivity contribution is 5.91. The number of anilines is 1. The number of rotatable bonds is 13. The highest BCUT2D eigenvalue weighted by Crippen LogP contribution is 2.61. The molecule has 2 saturated heterocycles. The van der Waals surface area contributed by atoms with Crippen LogP contribution in [0.15, 0.2) is 84.5 Å². The largest absolute Gasteiger partial charge is 0.459 e. The number of aliphatic hydroxyl groups excluding tert-OH is 3. The summed E-state index contributed by atoms with van der Waals surface area (Å²) in [5, 5.41) is 30.4. The quantitative estimate of drug-likeness (QED) is 0.118. The number of benzene rings is 2. The highest BCUT2D eigenvalue weighted by atomic mass is 16.6. The smallest absolute Gasteiger partial charge is 0.336 e. The van der Waals surface area contributed by atoms with E-state index in [4.69, 9.17) is 9.47 Å². The van der Waals surface area contributed by atoms with Crippen molar-refractivity contribution in [2.45, 2.75) is 97.4 Å². The number of cyclic esters (lactones) is 1. The third kappa shape index (κ3) is 9.55. The minimum atomic E-state index is -0.844. The van der Waals surface area contributed by atoms with E-state index in [0.29, 0.717) is 30.4 Å². The molecule has 8 nitrogen and oxygen atoms in total. The van der Waals surface area contributed by atoms with Crippen LogP contribution in [0.2, 0.25) is 0 Å². The lowest BCUT2D eigenvalue weighted by Crippen LogP contribution is -2.57. The van der Waals surface area contributed by atoms with Crippen molar-refractivity contribution >= 4 is 11.7 Å². The summed E-state index contributed by atoms with van der Waals surface area (Å²) in [5.41, 5.74) is 3.55. The molecule has 4 fully saturated rings. The summed E-state index contributed by atoms with van der Waals surface area (Å²) in [7, 11) is 0. The van der Waals surface area contributed by atoms with Gasteiger partial charge in [0, 0.05) is 30.8 Å². The van der Waals surface area contributed by atoms with E-state index in [1.54, 1.807) is 0 Å². The zero-order valence-corrected chi connectivity index (χ0v) is 32.1. The predicted molar refractivity (Wildman–Crippen MR) is 208 cm³/mol. The van der Waals surface area contributed by atoms with Gasteiger partial charge in [0.05, 0.1) is 30.9 Å². The van der Waals surface area contributed by atoms with E-state index in [2.05, 4.69) is 97.8 Å². The number of ether oxygens (including phenoxy) is 2. The van der Waals surface area contributed by atoms with Gasteiger partial charge >= 0.3 is 5.97 Å². The Balaban J connectivity index is 0.000000202. The Bertz CT molecular complexity index is 1460. The summed E-state index contributed by atoms with van der Waals surface area (Å²) < 4.78 is 11.0. The first kappa shape index (κ1) is 40.2. The van der Waals surface area contributed by atoms with Gasteiger partial charge < -0.3 is 29.7 Å². The number of aliphatic hydroxyl groups is 3. The minimum absolute atomic E-state index is 0.0280. The maximum absolute atomic E-state index is 11.8. The van der Waals surface area contributed by atoms with E-state index in [0.717, 1.165) is 51.1 Å². The average Bonchev–Trinajstić information content (AvgIpc) is 3.79. The van der Waals surface area contributed by atoms with Crippen LogP contribution >= 0.6 is 0 Å². The molecule has 0 bridgehead atoms. The number of nitrogens with zero attached hydrogens (tertiary/aromatic N) is 2. The van der Waals surface area contributed by atoms with Gasteiger partial charge in [0.1, 0.15) is 12.7 Å². The average molecular weight is 717 g/mol. The van der Waals surface area contributed by atoms with Crippen LogP contribution in [0.25, 0.3) is 0 Å². The fraction of sp³-hybridized carbons (Fsp3) is 0.614. The van der Waals surface area contributed by atoms with Crippen LogP contribution in [0.1, 0.15) is 78.2 Å². The molecular formula is C44H64N2O6. The fourth-order valence-electron chi connectivity index (χ4n) is 9.34. The standard InChI is InChI=1S/C24H34N2O.C20H30O5/c1-21(2)19-27-20-24(25-15-9-10-16-25)18-26(23-13-7-4-8-14-23)17-22-11-5-3-6-12-22;1-12-4-7-16-19(2,9-8-17(23)20(16,3)11-21)14(12)6-5-13-15(22)10-25-18(13)24/h3-8,11-14,21,24H,9-10,15-20H2,1-2H3;5,14-17,21-23H,1,4,6-11H2,2-3H3/b;13-5+/t;14-,15?,16+,17-,19+,20?/m.1/s1. The van der Waals surface area contributed by atoms with Crippen molar-refractivity contribution in [3.8, 4) is 0 Å². The Hall–Kier alpha value is -3.01. The first-order valence-electron chi connectivity index (χ1n) is 19.6. The molecule has 0 amide bonds. The van der Waals surface area contributed by atoms with Crippen LogP contribution in [0, 0.1) is 28.6 Å². The molecule has 52 heavy (non-hydrogen) atoms. The summed E-state index contributed by atoms with van der Waals surface area (Å²) in [5.74, 6) is 0.509. The number of allylic oxidation sites excluding steroid dienone is 2. The van der Waals surface area contributed by atoms with E-state index < -0.39 is 23.6 Å². The topological polar surface area (TPSA) is 103 Å². The summed E-state index contributed by atoms with van der Waals surface area (Å²) in [4.78, 5) is 16.9. The van der Waals surface area contributed by atoms with Gasteiger partial charge in [-0.2, -0.15) is 0 Å². The molecule has 8 heteroatoms. The number of esters is 1. The zero-order valence-electron chi connectivity index (χ0n) is 32.1. The van der Waals surface area contributed by atoms with Crippen molar-refractivity contribution in [2.75, 3.05) is 51.0 Å². The Labute approximate surface area is 312 Å². The maximum Gasteiger partial charge on any atom is 0.336 e. The molecule has 4 aliphatic rings. The first-order chi connectivity index (χ1) is 25.0. The van der Waals surface area contributed by atoms with Crippen molar-refractivity contribution in [3.63, 3.8) is 0 Å². The Morgan fingerprint density at radius 2 is 1.69 bits per heavy atom. The minimum Gasteiger partial charge on any atom is -0.459 e. The number of carbonyl (C=O) groups is 1. The summed E-state index contributed by atoms with van der Waals surface area (Å²) in [6, 6.07) is 22.0. The van der Waals surface area contributed by atoms with Gasteiger partial charge in [-0.25, -0.2) is 4.79 Å². The molecule has 2 saturated carbocycles. The summed E-state index contributed by atoms with van der Waals surface area (Å²) in [6.07, 6.45) is 7.04. The molecule has 3 unspecified atom stereocenters. The second-order valence-corrected chi connectivity index (χ2v) is 16.6. The van der Waals surface area contributed by atoms with E-state index in [1.165, 1.54) is 37.2 Å². The molecule has 2 aromatic carbocycles. The van der Waals surface area contributed by atoms with Gasteiger partial charge in [-0.15, -0.1) is 0 Å². The molecule has 0 radical (unpaired) electrons. The number of hydrogen-bond donors (Lipinski definition) is 3. The number of fused-ring (bicyclic) bond motifs is 1. The summed E-state index contributed by atoms with van der Waals surface area (Å²) >= 11 is 0. The number of para-hydroxylation sites is 1. The first-order valence-corrected chi connectivity index (χ1v) is 19.6. The van der Waals surface area contributed by atoms with Gasteiger partial charge in [-0.1, -0.05) is 94.5 Å². The van der Waals surface area contributed by atoms with Crippen molar-refractivity contribution in [3.05, 3.63) is 90.0 Å². The van der Waals surface area contributed by atoms with Gasteiger partial charge in [0.15, 0.2) is 0 Å². The Kier molecular flexibility index (Phi) is 14.2.